The van der Waals surface area contributed by atoms with Gasteiger partial charge in [0.15, 0.2) is 11.4 Å². The van der Waals surface area contributed by atoms with Crippen LogP contribution in [0.25, 0.3) is 0 Å². The quantitative estimate of drug-likeness (QED) is 0.315. The molecule has 0 aromatic carbocycles. The summed E-state index contributed by atoms with van der Waals surface area (Å²) in [4.78, 5) is 24.9. The molecular formula is C26H38O7. The first-order valence-corrected chi connectivity index (χ1v) is 12.1. The van der Waals surface area contributed by atoms with Crippen LogP contribution in [-0.2, 0) is 19.1 Å². The Hall–Kier alpha value is -1.54. The van der Waals surface area contributed by atoms with Crippen LogP contribution < -0.4 is 0 Å². The molecule has 1 unspecified atom stereocenters. The number of hydrogen-bond acceptors (Lipinski definition) is 7. The lowest BCUT2D eigenvalue weighted by molar-refractivity contribution is -0.145. The Morgan fingerprint density at radius 1 is 1.30 bits per heavy atom. The van der Waals surface area contributed by atoms with E-state index in [1.54, 1.807) is 0 Å². The molecule has 1 heterocycles. The highest BCUT2D eigenvalue weighted by atomic mass is 16.6. The van der Waals surface area contributed by atoms with Crippen LogP contribution in [0.5, 0.6) is 0 Å². The first kappa shape index (κ1) is 24.6. The van der Waals surface area contributed by atoms with Gasteiger partial charge in [0.1, 0.15) is 18.8 Å². The van der Waals surface area contributed by atoms with Gasteiger partial charge in [0.2, 0.25) is 0 Å². The number of rotatable bonds is 6. The number of esters is 1. The Bertz CT molecular complexity index is 874. The standard InChI is InChI=1S/C26H38O7/c1-14-6-7-18-24(3,4)19(28)8-9-25(18,5)17(14)12-26-20(29)11-16(22(31)23(26)33-26)13-32-21(30)10-15(2)27/h11,15,17-19,22-23,27-28,31H,1,6-10,12-13H2,2-5H3/t15-,17-,18?,19+,22+,23-,25+,26+/m0/s1. The average Bonchev–Trinajstić information content (AvgIpc) is 3.46. The molecule has 7 heteroatoms. The van der Waals surface area contributed by atoms with Gasteiger partial charge in [-0.1, -0.05) is 32.9 Å². The van der Waals surface area contributed by atoms with Crippen molar-refractivity contribution in [2.24, 2.45) is 22.7 Å². The van der Waals surface area contributed by atoms with Crippen molar-refractivity contribution >= 4 is 11.8 Å². The van der Waals surface area contributed by atoms with E-state index < -0.39 is 29.9 Å². The van der Waals surface area contributed by atoms with E-state index in [0.717, 1.165) is 31.3 Å². The predicted octanol–water partition coefficient (Wildman–Crippen LogP) is 2.47. The van der Waals surface area contributed by atoms with Crippen molar-refractivity contribution in [3.05, 3.63) is 23.8 Å². The predicted molar refractivity (Wildman–Crippen MR) is 121 cm³/mol. The molecule has 3 fully saturated rings. The van der Waals surface area contributed by atoms with Gasteiger partial charge >= 0.3 is 5.97 Å². The van der Waals surface area contributed by atoms with Crippen molar-refractivity contribution < 1.29 is 34.4 Å². The molecule has 3 aliphatic carbocycles. The fourth-order valence-electron chi connectivity index (χ4n) is 6.98. The van der Waals surface area contributed by atoms with Gasteiger partial charge in [0, 0.05) is 5.57 Å². The molecule has 184 valence electrons. The molecule has 0 radical (unpaired) electrons. The Labute approximate surface area is 195 Å². The van der Waals surface area contributed by atoms with E-state index >= 15 is 0 Å². The van der Waals surface area contributed by atoms with E-state index in [1.807, 2.05) is 0 Å². The van der Waals surface area contributed by atoms with Crippen molar-refractivity contribution in [1.29, 1.82) is 0 Å². The molecule has 4 aliphatic rings. The Kier molecular flexibility index (Phi) is 6.18. The Morgan fingerprint density at radius 2 is 2.00 bits per heavy atom. The summed E-state index contributed by atoms with van der Waals surface area (Å²) in [5, 5.41) is 30.8. The van der Waals surface area contributed by atoms with E-state index in [1.165, 1.54) is 13.0 Å². The minimum Gasteiger partial charge on any atom is -0.461 e. The molecule has 1 saturated heterocycles. The maximum atomic E-state index is 13.2. The Balaban J connectivity index is 1.51. The smallest absolute Gasteiger partial charge is 0.308 e. The molecule has 0 aromatic heterocycles. The highest BCUT2D eigenvalue weighted by molar-refractivity contribution is 6.02. The summed E-state index contributed by atoms with van der Waals surface area (Å²) in [5.41, 5.74) is 0.0616. The van der Waals surface area contributed by atoms with Gasteiger partial charge in [-0.05, 0) is 67.8 Å². The van der Waals surface area contributed by atoms with Gasteiger partial charge in [0.25, 0.3) is 0 Å². The van der Waals surface area contributed by atoms with Gasteiger partial charge < -0.3 is 24.8 Å². The van der Waals surface area contributed by atoms with Crippen molar-refractivity contribution in [1.82, 2.24) is 0 Å². The number of hydrogen-bond donors (Lipinski definition) is 3. The van der Waals surface area contributed by atoms with Gasteiger partial charge in [-0.15, -0.1) is 0 Å². The number of ketones is 1. The summed E-state index contributed by atoms with van der Waals surface area (Å²) in [6.07, 6.45) is 2.28. The summed E-state index contributed by atoms with van der Waals surface area (Å²) in [5.74, 6) is -0.421. The summed E-state index contributed by atoms with van der Waals surface area (Å²) < 4.78 is 11.0. The average molecular weight is 463 g/mol. The van der Waals surface area contributed by atoms with Crippen LogP contribution >= 0.6 is 0 Å². The number of fused-ring (bicyclic) bond motifs is 2. The first-order chi connectivity index (χ1) is 15.3. The van der Waals surface area contributed by atoms with E-state index in [-0.39, 0.29) is 41.7 Å². The number of epoxide rings is 1. The number of ether oxygens (including phenoxy) is 2. The number of aliphatic hydroxyl groups is 3. The summed E-state index contributed by atoms with van der Waals surface area (Å²) in [6, 6.07) is 0. The SMILES string of the molecule is C=C1CCC2C(C)(C)[C@H](O)CC[C@]2(C)[C@H]1C[C@]12O[C@H]1[C@H](O)C(COC(=O)C[C@H](C)O)=CC2=O. The van der Waals surface area contributed by atoms with Crippen LogP contribution in [0.1, 0.15) is 66.2 Å². The maximum absolute atomic E-state index is 13.2. The molecule has 4 rings (SSSR count). The zero-order valence-corrected chi connectivity index (χ0v) is 20.2. The largest absolute Gasteiger partial charge is 0.461 e. The fraction of sp³-hybridized carbons (Fsp3) is 0.769. The second-order valence-electron chi connectivity index (χ2n) is 11.6. The molecule has 0 spiro atoms. The second kappa shape index (κ2) is 8.29. The van der Waals surface area contributed by atoms with Crippen molar-refractivity contribution in [2.75, 3.05) is 6.61 Å². The number of allylic oxidation sites excluding steroid dienone is 1. The van der Waals surface area contributed by atoms with Crippen LogP contribution in [0.2, 0.25) is 0 Å². The third-order valence-electron chi connectivity index (χ3n) is 9.06. The molecule has 8 atom stereocenters. The number of aliphatic hydroxyl groups excluding tert-OH is 3. The minimum absolute atomic E-state index is 0.0583. The molecule has 2 saturated carbocycles. The molecule has 33 heavy (non-hydrogen) atoms. The van der Waals surface area contributed by atoms with Crippen LogP contribution in [0.4, 0.5) is 0 Å². The monoisotopic (exact) mass is 462 g/mol. The fourth-order valence-corrected chi connectivity index (χ4v) is 6.98. The molecule has 3 N–H and O–H groups in total. The second-order valence-corrected chi connectivity index (χ2v) is 11.6. The summed E-state index contributed by atoms with van der Waals surface area (Å²) in [7, 11) is 0. The van der Waals surface area contributed by atoms with E-state index in [2.05, 4.69) is 27.4 Å². The van der Waals surface area contributed by atoms with Crippen LogP contribution in [0.3, 0.4) is 0 Å². The maximum Gasteiger partial charge on any atom is 0.308 e. The lowest BCUT2D eigenvalue weighted by atomic mass is 9.46. The number of carbonyl (C=O) groups is 2. The zero-order chi connectivity index (χ0) is 24.3. The highest BCUT2D eigenvalue weighted by Gasteiger charge is 2.69. The van der Waals surface area contributed by atoms with Crippen LogP contribution in [-0.4, -0.2) is 63.7 Å². The molecule has 0 amide bonds. The van der Waals surface area contributed by atoms with E-state index in [9.17, 15) is 24.9 Å². The highest BCUT2D eigenvalue weighted by Crippen LogP contribution is 2.64. The van der Waals surface area contributed by atoms with Gasteiger partial charge in [-0.25, -0.2) is 0 Å². The van der Waals surface area contributed by atoms with Gasteiger partial charge in [-0.2, -0.15) is 0 Å². The van der Waals surface area contributed by atoms with Crippen molar-refractivity contribution in [3.8, 4) is 0 Å². The van der Waals surface area contributed by atoms with Crippen molar-refractivity contribution in [2.45, 2.75) is 96.2 Å². The number of carbonyl (C=O) groups excluding carboxylic acids is 2. The van der Waals surface area contributed by atoms with Crippen molar-refractivity contribution in [3.63, 3.8) is 0 Å². The Morgan fingerprint density at radius 3 is 2.67 bits per heavy atom. The first-order valence-electron chi connectivity index (χ1n) is 12.1. The lowest BCUT2D eigenvalue weighted by Crippen LogP contribution is -2.56. The van der Waals surface area contributed by atoms with Crippen LogP contribution in [0.15, 0.2) is 23.8 Å². The van der Waals surface area contributed by atoms with E-state index in [0.29, 0.717) is 17.9 Å². The third kappa shape index (κ3) is 4.01. The topological polar surface area (TPSA) is 117 Å². The summed E-state index contributed by atoms with van der Waals surface area (Å²) >= 11 is 0. The molecule has 7 nitrogen and oxygen atoms in total. The molecule has 0 aromatic rings. The van der Waals surface area contributed by atoms with E-state index in [4.69, 9.17) is 9.47 Å². The molecular weight excluding hydrogens is 424 g/mol. The molecule has 1 aliphatic heterocycles. The molecule has 0 bridgehead atoms. The lowest BCUT2D eigenvalue weighted by Gasteiger charge is -2.59. The van der Waals surface area contributed by atoms with Crippen LogP contribution in [0, 0.1) is 22.7 Å². The summed E-state index contributed by atoms with van der Waals surface area (Å²) in [6.45, 7) is 12.2. The normalized spacial score (nSPS) is 42.6. The third-order valence-corrected chi connectivity index (χ3v) is 9.06. The zero-order valence-electron chi connectivity index (χ0n) is 20.2. The van der Waals surface area contributed by atoms with Gasteiger partial charge in [0.05, 0.1) is 18.6 Å². The minimum atomic E-state index is -1.06. The van der Waals surface area contributed by atoms with Gasteiger partial charge in [-0.3, -0.25) is 9.59 Å².